The molecule has 0 amide bonds. The summed E-state index contributed by atoms with van der Waals surface area (Å²) in [5.74, 6) is 0. The van der Waals surface area contributed by atoms with Gasteiger partial charge >= 0.3 is 0 Å². The van der Waals surface area contributed by atoms with E-state index in [1.165, 1.54) is 44.8 Å². The van der Waals surface area contributed by atoms with Crippen molar-refractivity contribution in [2.45, 2.75) is 46.8 Å². The van der Waals surface area contributed by atoms with Crippen molar-refractivity contribution in [3.05, 3.63) is 65.7 Å². The molecule has 1 aliphatic carbocycles. The maximum absolute atomic E-state index is 2.58. The van der Waals surface area contributed by atoms with E-state index in [2.05, 4.69) is 82.3 Å². The van der Waals surface area contributed by atoms with Crippen LogP contribution in [-0.4, -0.2) is 6.71 Å². The Morgan fingerprint density at radius 2 is 1.52 bits per heavy atom. The first-order chi connectivity index (χ1) is 13.9. The smallest absolute Gasteiger partial charge is 0.136 e. The number of hydrogen-bond donors (Lipinski definition) is 0. The molecule has 0 atom stereocenters. The lowest BCUT2D eigenvalue weighted by Crippen LogP contribution is -2.28. The summed E-state index contributed by atoms with van der Waals surface area (Å²) in [6, 6.07) is 20.7. The van der Waals surface area contributed by atoms with E-state index in [0.717, 1.165) is 6.42 Å². The maximum atomic E-state index is 2.58. The zero-order valence-electron chi connectivity index (χ0n) is 17.8. The fraction of sp³-hybridized carbons (Fsp3) is 0.333. The third kappa shape index (κ3) is 2.39. The first-order valence-electron chi connectivity index (χ1n) is 10.9. The van der Waals surface area contributed by atoms with Crippen molar-refractivity contribution >= 4 is 43.7 Å². The highest BCUT2D eigenvalue weighted by Crippen LogP contribution is 2.54. The number of hydrogen-bond acceptors (Lipinski definition) is 1. The number of benzene rings is 3. The van der Waals surface area contributed by atoms with Crippen molar-refractivity contribution in [3.8, 4) is 11.1 Å². The van der Waals surface area contributed by atoms with Crippen LogP contribution >= 0.6 is 11.3 Å². The van der Waals surface area contributed by atoms with Crippen LogP contribution in [0, 0.1) is 10.8 Å². The molecule has 4 aromatic rings. The average Bonchev–Trinajstić information content (AvgIpc) is 3.30. The summed E-state index contributed by atoms with van der Waals surface area (Å²) in [6.45, 7) is 10.5. The summed E-state index contributed by atoms with van der Waals surface area (Å²) >= 11 is 2.02. The molecule has 29 heavy (non-hydrogen) atoms. The molecule has 0 N–H and O–H groups in total. The van der Waals surface area contributed by atoms with Gasteiger partial charge in [0.05, 0.1) is 0 Å². The Morgan fingerprint density at radius 1 is 0.828 bits per heavy atom. The van der Waals surface area contributed by atoms with Gasteiger partial charge in [0, 0.05) is 20.2 Å². The van der Waals surface area contributed by atoms with Gasteiger partial charge in [-0.05, 0) is 45.6 Å². The maximum Gasteiger partial charge on any atom is 0.178 e. The summed E-state index contributed by atoms with van der Waals surface area (Å²) in [5, 5.41) is 2.99. The number of fused-ring (bicyclic) bond motifs is 7. The van der Waals surface area contributed by atoms with Gasteiger partial charge < -0.3 is 0 Å². The van der Waals surface area contributed by atoms with Crippen LogP contribution in [0.1, 0.15) is 38.8 Å². The molecule has 3 aromatic carbocycles. The van der Waals surface area contributed by atoms with Crippen LogP contribution in [0.15, 0.2) is 54.6 Å². The Kier molecular flexibility index (Phi) is 3.53. The van der Waals surface area contributed by atoms with Crippen molar-refractivity contribution < 1.29 is 0 Å². The molecular formula is C27H27BS. The Balaban J connectivity index is 1.68. The van der Waals surface area contributed by atoms with Crippen LogP contribution in [0.25, 0.3) is 31.3 Å². The first kappa shape index (κ1) is 17.8. The third-order valence-corrected chi connectivity index (χ3v) is 9.46. The van der Waals surface area contributed by atoms with Gasteiger partial charge in [-0.3, -0.25) is 0 Å². The van der Waals surface area contributed by atoms with Gasteiger partial charge in [0.25, 0.3) is 0 Å². The van der Waals surface area contributed by atoms with Gasteiger partial charge in [-0.15, -0.1) is 11.3 Å². The minimum absolute atomic E-state index is 0.373. The van der Waals surface area contributed by atoms with Crippen LogP contribution in [0.2, 0.25) is 12.6 Å². The first-order valence-corrected chi connectivity index (χ1v) is 11.7. The van der Waals surface area contributed by atoms with E-state index >= 15 is 0 Å². The van der Waals surface area contributed by atoms with E-state index in [1.54, 1.807) is 15.7 Å². The highest BCUT2D eigenvalue weighted by atomic mass is 32.1. The molecule has 0 nitrogen and oxygen atoms in total. The lowest BCUT2D eigenvalue weighted by molar-refractivity contribution is 0.177. The fourth-order valence-electron chi connectivity index (χ4n) is 5.92. The fourth-order valence-corrected chi connectivity index (χ4v) is 7.25. The third-order valence-electron chi connectivity index (χ3n) is 8.24. The Bertz CT molecular complexity index is 1270. The van der Waals surface area contributed by atoms with Gasteiger partial charge in [0.2, 0.25) is 0 Å². The minimum atomic E-state index is 0.373. The molecule has 1 fully saturated rings. The predicted octanol–water partition coefficient (Wildman–Crippen LogP) is 7.39. The second-order valence-electron chi connectivity index (χ2n) is 10.5. The van der Waals surface area contributed by atoms with Crippen molar-refractivity contribution in [1.29, 1.82) is 0 Å². The van der Waals surface area contributed by atoms with E-state index in [1.807, 2.05) is 11.3 Å². The average molecular weight is 394 g/mol. The van der Waals surface area contributed by atoms with Gasteiger partial charge in [-0.25, -0.2) is 0 Å². The highest BCUT2D eigenvalue weighted by molar-refractivity contribution is 7.27. The topological polar surface area (TPSA) is 0 Å². The molecule has 144 valence electrons. The Labute approximate surface area is 178 Å². The van der Waals surface area contributed by atoms with Gasteiger partial charge in [-0.1, -0.05) is 94.3 Å². The van der Waals surface area contributed by atoms with Crippen molar-refractivity contribution in [3.63, 3.8) is 0 Å². The summed E-state index contributed by atoms with van der Waals surface area (Å²) in [6.07, 6.45) is 3.64. The summed E-state index contributed by atoms with van der Waals surface area (Å²) in [5.41, 5.74) is 8.35. The number of thiophene rings is 1. The van der Waals surface area contributed by atoms with E-state index in [9.17, 15) is 0 Å². The van der Waals surface area contributed by atoms with Gasteiger partial charge in [-0.2, -0.15) is 0 Å². The van der Waals surface area contributed by atoms with Crippen LogP contribution in [-0.2, 0) is 6.42 Å². The molecule has 1 aliphatic heterocycles. The van der Waals surface area contributed by atoms with E-state index in [0.29, 0.717) is 17.5 Å². The normalized spacial score (nSPS) is 19.1. The lowest BCUT2D eigenvalue weighted by Gasteiger charge is -2.35. The van der Waals surface area contributed by atoms with Crippen molar-refractivity contribution in [1.82, 2.24) is 0 Å². The molecule has 6 rings (SSSR count). The zero-order valence-corrected chi connectivity index (χ0v) is 18.6. The standard InChI is InChI=1S/C27H27BS/c1-26(2)15-28(16-27(26,3)4)22-14-20-18-10-6-5-9-17(18)13-21(20)24-19-11-7-8-12-23(19)29-25(22)24/h5-12,14H,13,15-16H2,1-4H3. The molecule has 0 radical (unpaired) electrons. The second kappa shape index (κ2) is 5.76. The minimum Gasteiger partial charge on any atom is -0.136 e. The van der Waals surface area contributed by atoms with E-state index in [4.69, 9.17) is 0 Å². The van der Waals surface area contributed by atoms with E-state index < -0.39 is 0 Å². The summed E-state index contributed by atoms with van der Waals surface area (Å²) in [7, 11) is 0. The second-order valence-corrected chi connectivity index (χ2v) is 11.6. The van der Waals surface area contributed by atoms with Crippen LogP contribution < -0.4 is 5.46 Å². The molecule has 1 saturated heterocycles. The van der Waals surface area contributed by atoms with Gasteiger partial charge in [0.1, 0.15) is 0 Å². The van der Waals surface area contributed by atoms with Gasteiger partial charge in [0.15, 0.2) is 6.71 Å². The Hall–Kier alpha value is -2.06. The molecule has 0 spiro atoms. The largest absolute Gasteiger partial charge is 0.178 e. The highest BCUT2D eigenvalue weighted by Gasteiger charge is 2.48. The number of rotatable bonds is 1. The predicted molar refractivity (Wildman–Crippen MR) is 130 cm³/mol. The van der Waals surface area contributed by atoms with Crippen molar-refractivity contribution in [2.75, 3.05) is 0 Å². The van der Waals surface area contributed by atoms with Crippen LogP contribution in [0.3, 0.4) is 0 Å². The molecule has 2 aliphatic rings. The molecule has 0 unspecified atom stereocenters. The lowest BCUT2D eigenvalue weighted by atomic mass is 9.42. The quantitative estimate of drug-likeness (QED) is 0.260. The zero-order chi connectivity index (χ0) is 20.0. The SMILES string of the molecule is CC1(C)CB(c2cc3c(c4c2sc2ccccc24)Cc2ccccc2-3)CC1(C)C. The summed E-state index contributed by atoms with van der Waals surface area (Å²) < 4.78 is 2.99. The van der Waals surface area contributed by atoms with Crippen LogP contribution in [0.4, 0.5) is 0 Å². The molecule has 1 aromatic heterocycles. The molecular weight excluding hydrogens is 367 g/mol. The Morgan fingerprint density at radius 3 is 2.31 bits per heavy atom. The van der Waals surface area contributed by atoms with Crippen LogP contribution in [0.5, 0.6) is 0 Å². The van der Waals surface area contributed by atoms with Crippen molar-refractivity contribution in [2.24, 2.45) is 10.8 Å². The molecule has 2 heteroatoms. The molecule has 0 saturated carbocycles. The molecule has 0 bridgehead atoms. The monoisotopic (exact) mass is 394 g/mol. The van der Waals surface area contributed by atoms with E-state index in [-0.39, 0.29) is 0 Å². The molecule has 2 heterocycles. The summed E-state index contributed by atoms with van der Waals surface area (Å²) in [4.78, 5) is 0.